The summed E-state index contributed by atoms with van der Waals surface area (Å²) in [6, 6.07) is 8.53. The predicted molar refractivity (Wildman–Crippen MR) is 86.6 cm³/mol. The van der Waals surface area contributed by atoms with Crippen molar-refractivity contribution in [2.75, 3.05) is 18.5 Å². The van der Waals surface area contributed by atoms with Gasteiger partial charge in [0.05, 0.1) is 5.69 Å². The normalized spacial score (nSPS) is 10.8. The van der Waals surface area contributed by atoms with E-state index in [4.69, 9.17) is 4.74 Å². The minimum atomic E-state index is 0.779. The van der Waals surface area contributed by atoms with Crippen molar-refractivity contribution in [3.8, 4) is 0 Å². The molecule has 0 aliphatic heterocycles. The van der Waals surface area contributed by atoms with E-state index in [-0.39, 0.29) is 0 Å². The quantitative estimate of drug-likeness (QED) is 0.755. The zero-order valence-corrected chi connectivity index (χ0v) is 13.2. The van der Waals surface area contributed by atoms with Crippen molar-refractivity contribution in [1.29, 1.82) is 0 Å². The second-order valence-corrected chi connectivity index (χ2v) is 5.29. The molecule has 0 aliphatic carbocycles. The highest BCUT2D eigenvalue weighted by Gasteiger charge is 2.05. The highest BCUT2D eigenvalue weighted by atomic mass is 16.5. The number of hydrogen-bond donors (Lipinski definition) is 1. The summed E-state index contributed by atoms with van der Waals surface area (Å²) in [6.45, 7) is 9.46. The Kier molecular flexibility index (Phi) is 5.81. The van der Waals surface area contributed by atoms with Crippen molar-refractivity contribution in [2.24, 2.45) is 0 Å². The number of aromatic nitrogens is 2. The molecule has 114 valence electrons. The highest BCUT2D eigenvalue weighted by molar-refractivity contribution is 5.32. The number of nitrogens with zero attached hydrogens (tertiary/aromatic N) is 2. The SMILES string of the molecule is CCOCCCn1cc(C)nc1NCc1cccc(C)c1. The van der Waals surface area contributed by atoms with E-state index < -0.39 is 0 Å². The molecule has 0 saturated carbocycles. The van der Waals surface area contributed by atoms with Crippen molar-refractivity contribution in [3.63, 3.8) is 0 Å². The van der Waals surface area contributed by atoms with Crippen LogP contribution in [0.1, 0.15) is 30.2 Å². The third-order valence-electron chi connectivity index (χ3n) is 3.32. The first kappa shape index (κ1) is 15.6. The van der Waals surface area contributed by atoms with E-state index in [1.165, 1.54) is 11.1 Å². The molecule has 2 rings (SSSR count). The molecule has 0 fully saturated rings. The van der Waals surface area contributed by atoms with Gasteiger partial charge < -0.3 is 14.6 Å². The third kappa shape index (κ3) is 4.90. The molecule has 0 saturated heterocycles. The Labute approximate surface area is 127 Å². The average Bonchev–Trinajstić information content (AvgIpc) is 2.82. The number of benzene rings is 1. The zero-order chi connectivity index (χ0) is 15.1. The Morgan fingerprint density at radius 2 is 2.14 bits per heavy atom. The van der Waals surface area contributed by atoms with Gasteiger partial charge in [-0.2, -0.15) is 0 Å². The molecule has 2 aromatic rings. The van der Waals surface area contributed by atoms with E-state index in [9.17, 15) is 0 Å². The molecule has 0 bridgehead atoms. The molecule has 1 N–H and O–H groups in total. The van der Waals surface area contributed by atoms with E-state index in [1.54, 1.807) is 0 Å². The van der Waals surface area contributed by atoms with E-state index in [0.29, 0.717) is 0 Å². The predicted octanol–water partition coefficient (Wildman–Crippen LogP) is 3.54. The summed E-state index contributed by atoms with van der Waals surface area (Å²) < 4.78 is 7.56. The highest BCUT2D eigenvalue weighted by Crippen LogP contribution is 2.12. The van der Waals surface area contributed by atoms with Gasteiger partial charge in [-0.15, -0.1) is 0 Å². The van der Waals surface area contributed by atoms with E-state index in [1.807, 2.05) is 13.8 Å². The number of aryl methyl sites for hydroxylation is 3. The molecule has 0 amide bonds. The van der Waals surface area contributed by atoms with Gasteiger partial charge in [-0.1, -0.05) is 29.8 Å². The molecule has 21 heavy (non-hydrogen) atoms. The minimum Gasteiger partial charge on any atom is -0.382 e. The van der Waals surface area contributed by atoms with Crippen molar-refractivity contribution in [1.82, 2.24) is 9.55 Å². The van der Waals surface area contributed by atoms with Crippen LogP contribution in [0.2, 0.25) is 0 Å². The maximum absolute atomic E-state index is 5.39. The van der Waals surface area contributed by atoms with Gasteiger partial charge in [0.1, 0.15) is 0 Å². The van der Waals surface area contributed by atoms with Crippen LogP contribution in [0, 0.1) is 13.8 Å². The van der Waals surface area contributed by atoms with Crippen LogP contribution >= 0.6 is 0 Å². The summed E-state index contributed by atoms with van der Waals surface area (Å²) in [4.78, 5) is 4.56. The Morgan fingerprint density at radius 1 is 1.29 bits per heavy atom. The molecular weight excluding hydrogens is 262 g/mol. The Morgan fingerprint density at radius 3 is 2.90 bits per heavy atom. The van der Waals surface area contributed by atoms with E-state index >= 15 is 0 Å². The molecule has 1 aromatic carbocycles. The smallest absolute Gasteiger partial charge is 0.203 e. The Balaban J connectivity index is 1.93. The fourth-order valence-corrected chi connectivity index (χ4v) is 2.34. The van der Waals surface area contributed by atoms with Gasteiger partial charge in [-0.3, -0.25) is 0 Å². The lowest BCUT2D eigenvalue weighted by atomic mass is 10.1. The summed E-state index contributed by atoms with van der Waals surface area (Å²) in [7, 11) is 0. The van der Waals surface area contributed by atoms with Crippen molar-refractivity contribution in [2.45, 2.75) is 40.3 Å². The lowest BCUT2D eigenvalue weighted by molar-refractivity contribution is 0.142. The van der Waals surface area contributed by atoms with Gasteiger partial charge in [0.2, 0.25) is 5.95 Å². The van der Waals surface area contributed by atoms with Gasteiger partial charge in [-0.05, 0) is 32.8 Å². The van der Waals surface area contributed by atoms with Crippen molar-refractivity contribution >= 4 is 5.95 Å². The summed E-state index contributed by atoms with van der Waals surface area (Å²) >= 11 is 0. The molecule has 1 aromatic heterocycles. The van der Waals surface area contributed by atoms with Crippen LogP contribution in [0.15, 0.2) is 30.5 Å². The van der Waals surface area contributed by atoms with E-state index in [2.05, 4.69) is 52.3 Å². The Bertz CT molecular complexity index is 563. The standard InChI is InChI=1S/C17H25N3O/c1-4-21-10-6-9-20-13-15(3)19-17(20)18-12-16-8-5-7-14(2)11-16/h5,7-8,11,13H,4,6,9-10,12H2,1-3H3,(H,18,19). The summed E-state index contributed by atoms with van der Waals surface area (Å²) in [5.74, 6) is 0.936. The number of hydrogen-bond acceptors (Lipinski definition) is 3. The number of anilines is 1. The van der Waals surface area contributed by atoms with Crippen LogP contribution in [0.3, 0.4) is 0 Å². The maximum Gasteiger partial charge on any atom is 0.203 e. The van der Waals surface area contributed by atoms with Gasteiger partial charge in [0, 0.05) is 32.5 Å². The van der Waals surface area contributed by atoms with E-state index in [0.717, 1.165) is 44.4 Å². The molecular formula is C17H25N3O. The van der Waals surface area contributed by atoms with Gasteiger partial charge >= 0.3 is 0 Å². The molecule has 0 spiro atoms. The van der Waals surface area contributed by atoms with Crippen LogP contribution in [0.4, 0.5) is 5.95 Å². The molecule has 1 heterocycles. The fraction of sp³-hybridized carbons (Fsp3) is 0.471. The number of ether oxygens (including phenoxy) is 1. The fourth-order valence-electron chi connectivity index (χ4n) is 2.34. The second-order valence-electron chi connectivity index (χ2n) is 5.29. The van der Waals surface area contributed by atoms with Gasteiger partial charge in [0.25, 0.3) is 0 Å². The first-order chi connectivity index (χ1) is 10.2. The number of imidazole rings is 1. The summed E-state index contributed by atoms with van der Waals surface area (Å²) in [6.07, 6.45) is 3.09. The first-order valence-electron chi connectivity index (χ1n) is 7.60. The number of rotatable bonds is 8. The average molecular weight is 287 g/mol. The van der Waals surface area contributed by atoms with Crippen LogP contribution < -0.4 is 5.32 Å². The second kappa shape index (κ2) is 7.84. The Hall–Kier alpha value is -1.81. The monoisotopic (exact) mass is 287 g/mol. The molecule has 0 atom stereocenters. The lowest BCUT2D eigenvalue weighted by Gasteiger charge is -2.10. The van der Waals surface area contributed by atoms with Crippen LogP contribution in [0.25, 0.3) is 0 Å². The van der Waals surface area contributed by atoms with Gasteiger partial charge in [-0.25, -0.2) is 4.98 Å². The number of nitrogens with one attached hydrogen (secondary N) is 1. The largest absolute Gasteiger partial charge is 0.382 e. The zero-order valence-electron chi connectivity index (χ0n) is 13.2. The molecule has 0 unspecified atom stereocenters. The molecule has 4 heteroatoms. The molecule has 4 nitrogen and oxygen atoms in total. The van der Waals surface area contributed by atoms with Crippen LogP contribution in [0.5, 0.6) is 0 Å². The summed E-state index contributed by atoms with van der Waals surface area (Å²) in [5, 5.41) is 3.43. The lowest BCUT2D eigenvalue weighted by Crippen LogP contribution is -2.09. The summed E-state index contributed by atoms with van der Waals surface area (Å²) in [5.41, 5.74) is 3.60. The maximum atomic E-state index is 5.39. The van der Waals surface area contributed by atoms with Crippen molar-refractivity contribution < 1.29 is 4.74 Å². The minimum absolute atomic E-state index is 0.779. The third-order valence-corrected chi connectivity index (χ3v) is 3.32. The molecule has 0 radical (unpaired) electrons. The van der Waals surface area contributed by atoms with Crippen LogP contribution in [-0.4, -0.2) is 22.8 Å². The first-order valence-corrected chi connectivity index (χ1v) is 7.60. The van der Waals surface area contributed by atoms with Gasteiger partial charge in [0.15, 0.2) is 0 Å². The van der Waals surface area contributed by atoms with Crippen LogP contribution in [-0.2, 0) is 17.8 Å². The topological polar surface area (TPSA) is 39.1 Å². The van der Waals surface area contributed by atoms with Crippen molar-refractivity contribution in [3.05, 3.63) is 47.3 Å². The molecule has 0 aliphatic rings.